The minimum Gasteiger partial charge on any atom is -0.504 e. The van der Waals surface area contributed by atoms with Gasteiger partial charge in [0.15, 0.2) is 11.5 Å². The molecule has 0 saturated heterocycles. The third kappa shape index (κ3) is 3.27. The van der Waals surface area contributed by atoms with E-state index in [0.29, 0.717) is 28.1 Å². The normalized spacial score (nSPS) is 10.3. The van der Waals surface area contributed by atoms with Gasteiger partial charge in [0.05, 0.1) is 11.6 Å². The van der Waals surface area contributed by atoms with E-state index in [9.17, 15) is 5.11 Å². The smallest absolute Gasteiger partial charge is 0.224 e. The summed E-state index contributed by atoms with van der Waals surface area (Å²) in [6.07, 6.45) is 1.56. The van der Waals surface area contributed by atoms with Crippen molar-refractivity contribution < 1.29 is 9.84 Å². The summed E-state index contributed by atoms with van der Waals surface area (Å²) in [6.45, 7) is 0.384. The highest BCUT2D eigenvalue weighted by Crippen LogP contribution is 2.30. The summed E-state index contributed by atoms with van der Waals surface area (Å²) < 4.78 is 5.74. The summed E-state index contributed by atoms with van der Waals surface area (Å²) in [5.41, 5.74) is 0.695. The molecule has 0 fully saturated rings. The Morgan fingerprint density at radius 1 is 1.47 bits per heavy atom. The van der Waals surface area contributed by atoms with Crippen molar-refractivity contribution >= 4 is 33.3 Å². The van der Waals surface area contributed by atoms with Gasteiger partial charge in [0.1, 0.15) is 5.82 Å². The highest BCUT2D eigenvalue weighted by Gasteiger charge is 2.09. The van der Waals surface area contributed by atoms with Gasteiger partial charge in [-0.05, 0) is 33.6 Å². The van der Waals surface area contributed by atoms with Crippen LogP contribution in [0, 0.1) is 0 Å². The maximum absolute atomic E-state index is 9.96. The number of phenolic OH excluding ortho intramolecular Hbond substituents is 1. The van der Waals surface area contributed by atoms with Crippen molar-refractivity contribution in [2.24, 2.45) is 0 Å². The van der Waals surface area contributed by atoms with Crippen molar-refractivity contribution in [1.29, 1.82) is 0 Å². The van der Waals surface area contributed by atoms with Crippen LogP contribution in [0.4, 0.5) is 5.82 Å². The van der Waals surface area contributed by atoms with E-state index in [1.165, 1.54) is 7.11 Å². The molecule has 7 heteroatoms. The fraction of sp³-hybridized carbons (Fsp3) is 0.167. The minimum atomic E-state index is 0.105. The minimum absolute atomic E-state index is 0.105. The van der Waals surface area contributed by atoms with Crippen molar-refractivity contribution in [3.05, 3.63) is 39.7 Å². The van der Waals surface area contributed by atoms with E-state index in [2.05, 4.69) is 31.2 Å². The Balaban J connectivity index is 2.17. The lowest BCUT2D eigenvalue weighted by Gasteiger charge is -2.11. The van der Waals surface area contributed by atoms with Gasteiger partial charge in [0, 0.05) is 18.3 Å². The van der Waals surface area contributed by atoms with Crippen molar-refractivity contribution in [2.75, 3.05) is 12.4 Å². The Hall–Kier alpha value is -1.53. The van der Waals surface area contributed by atoms with E-state index in [4.69, 9.17) is 16.3 Å². The molecule has 2 N–H and O–H groups in total. The first kappa shape index (κ1) is 13.9. The Kier molecular flexibility index (Phi) is 4.44. The fourth-order valence-corrected chi connectivity index (χ4v) is 1.99. The van der Waals surface area contributed by atoms with E-state index >= 15 is 0 Å². The zero-order valence-electron chi connectivity index (χ0n) is 10.0. The van der Waals surface area contributed by atoms with Gasteiger partial charge in [-0.15, -0.1) is 0 Å². The summed E-state index contributed by atoms with van der Waals surface area (Å²) in [4.78, 5) is 7.88. The molecule has 5 nitrogen and oxygen atoms in total. The molecule has 0 unspecified atom stereocenters. The number of aromatic hydroxyl groups is 1. The SMILES string of the molecule is COc1cccc(CNc2nc(Cl)ncc2Br)c1O. The lowest BCUT2D eigenvalue weighted by atomic mass is 10.2. The van der Waals surface area contributed by atoms with Crippen LogP contribution in [0.1, 0.15) is 5.56 Å². The molecule has 0 bridgehead atoms. The number of rotatable bonds is 4. The van der Waals surface area contributed by atoms with E-state index in [1.807, 2.05) is 0 Å². The summed E-state index contributed by atoms with van der Waals surface area (Å²) >= 11 is 9.04. The van der Waals surface area contributed by atoms with Crippen molar-refractivity contribution in [3.8, 4) is 11.5 Å². The first-order chi connectivity index (χ1) is 9.11. The molecule has 0 spiro atoms. The molecule has 19 heavy (non-hydrogen) atoms. The largest absolute Gasteiger partial charge is 0.504 e. The number of hydrogen-bond acceptors (Lipinski definition) is 5. The number of phenols is 1. The molecule has 1 aromatic carbocycles. The first-order valence-electron chi connectivity index (χ1n) is 5.38. The number of para-hydroxylation sites is 1. The van der Waals surface area contributed by atoms with E-state index in [-0.39, 0.29) is 11.0 Å². The number of aromatic nitrogens is 2. The number of hydrogen-bond donors (Lipinski definition) is 2. The van der Waals surface area contributed by atoms with Crippen LogP contribution in [0.3, 0.4) is 0 Å². The molecule has 2 rings (SSSR count). The molecule has 0 saturated carbocycles. The quantitative estimate of drug-likeness (QED) is 0.834. The topological polar surface area (TPSA) is 67.3 Å². The molecule has 0 aliphatic heterocycles. The summed E-state index contributed by atoms with van der Waals surface area (Å²) in [5.74, 6) is 1.09. The van der Waals surface area contributed by atoms with E-state index in [1.54, 1.807) is 24.4 Å². The van der Waals surface area contributed by atoms with Gasteiger partial charge in [0.2, 0.25) is 5.28 Å². The molecule has 2 aromatic rings. The van der Waals surface area contributed by atoms with Crippen LogP contribution in [0.5, 0.6) is 11.5 Å². The number of ether oxygens (including phenoxy) is 1. The lowest BCUT2D eigenvalue weighted by Crippen LogP contribution is -2.03. The lowest BCUT2D eigenvalue weighted by molar-refractivity contribution is 0.371. The van der Waals surface area contributed by atoms with Crippen LogP contribution in [0.25, 0.3) is 0 Å². The van der Waals surface area contributed by atoms with Crippen molar-refractivity contribution in [2.45, 2.75) is 6.54 Å². The second-order valence-corrected chi connectivity index (χ2v) is 4.85. The van der Waals surface area contributed by atoms with Crippen LogP contribution in [-0.4, -0.2) is 22.2 Å². The van der Waals surface area contributed by atoms with Gasteiger partial charge in [0.25, 0.3) is 0 Å². The molecule has 1 heterocycles. The number of halogens is 2. The van der Waals surface area contributed by atoms with Gasteiger partial charge in [-0.25, -0.2) is 4.98 Å². The number of nitrogens with one attached hydrogen (secondary N) is 1. The maximum atomic E-state index is 9.96. The molecule has 0 atom stereocenters. The van der Waals surface area contributed by atoms with Crippen LogP contribution in [-0.2, 0) is 6.54 Å². The van der Waals surface area contributed by atoms with Gasteiger partial charge < -0.3 is 15.2 Å². The highest BCUT2D eigenvalue weighted by atomic mass is 79.9. The number of nitrogens with zero attached hydrogens (tertiary/aromatic N) is 2. The predicted octanol–water partition coefficient (Wildman–Crippen LogP) is 3.22. The van der Waals surface area contributed by atoms with Gasteiger partial charge in [-0.1, -0.05) is 12.1 Å². The molecular weight excluding hydrogens is 334 g/mol. The zero-order chi connectivity index (χ0) is 13.8. The number of methoxy groups -OCH3 is 1. The molecular formula is C12H11BrClN3O2. The molecule has 0 aliphatic carbocycles. The van der Waals surface area contributed by atoms with Crippen LogP contribution < -0.4 is 10.1 Å². The molecule has 0 radical (unpaired) electrons. The molecule has 1 aromatic heterocycles. The van der Waals surface area contributed by atoms with Gasteiger partial charge in [-0.2, -0.15) is 4.98 Å². The van der Waals surface area contributed by atoms with E-state index in [0.717, 1.165) is 0 Å². The second-order valence-electron chi connectivity index (χ2n) is 3.66. The van der Waals surface area contributed by atoms with Crippen molar-refractivity contribution in [1.82, 2.24) is 9.97 Å². The van der Waals surface area contributed by atoms with Crippen LogP contribution in [0.2, 0.25) is 5.28 Å². The second kappa shape index (κ2) is 6.08. The van der Waals surface area contributed by atoms with Crippen molar-refractivity contribution in [3.63, 3.8) is 0 Å². The van der Waals surface area contributed by atoms with Crippen LogP contribution in [0.15, 0.2) is 28.9 Å². The summed E-state index contributed by atoms with van der Waals surface area (Å²) in [5, 5.41) is 13.2. The van der Waals surface area contributed by atoms with Crippen LogP contribution >= 0.6 is 27.5 Å². The zero-order valence-corrected chi connectivity index (χ0v) is 12.4. The Morgan fingerprint density at radius 3 is 3.00 bits per heavy atom. The Bertz CT molecular complexity index is 595. The average molecular weight is 345 g/mol. The predicted molar refractivity (Wildman–Crippen MR) is 76.7 cm³/mol. The third-order valence-electron chi connectivity index (χ3n) is 2.46. The highest BCUT2D eigenvalue weighted by molar-refractivity contribution is 9.10. The molecule has 0 amide bonds. The molecule has 0 aliphatic rings. The van der Waals surface area contributed by atoms with E-state index < -0.39 is 0 Å². The number of benzene rings is 1. The van der Waals surface area contributed by atoms with Gasteiger partial charge >= 0.3 is 0 Å². The average Bonchev–Trinajstić information content (AvgIpc) is 2.41. The Labute approximate surface area is 123 Å². The first-order valence-corrected chi connectivity index (χ1v) is 6.55. The standard InChI is InChI=1S/C12H11BrClN3O2/c1-19-9-4-2-3-7(10(9)18)5-15-11-8(13)6-16-12(14)17-11/h2-4,6,18H,5H2,1H3,(H,15,16,17). The third-order valence-corrected chi connectivity index (χ3v) is 3.23. The fourth-order valence-electron chi connectivity index (χ4n) is 1.52. The summed E-state index contributed by atoms with van der Waals surface area (Å²) in [7, 11) is 1.51. The number of anilines is 1. The summed E-state index contributed by atoms with van der Waals surface area (Å²) in [6, 6.07) is 5.29. The Morgan fingerprint density at radius 2 is 2.26 bits per heavy atom. The molecule has 100 valence electrons. The maximum Gasteiger partial charge on any atom is 0.224 e. The van der Waals surface area contributed by atoms with Gasteiger partial charge in [-0.3, -0.25) is 0 Å². The monoisotopic (exact) mass is 343 g/mol.